The number of phenolic OH excluding ortho intramolecular Hbond substituents is 2. The highest BCUT2D eigenvalue weighted by Gasteiger charge is 2.44. The number of nitrogens with zero attached hydrogens (tertiary/aromatic N) is 2. The van der Waals surface area contributed by atoms with Gasteiger partial charge < -0.3 is 49.8 Å². The zero-order valence-corrected chi connectivity index (χ0v) is 40.0. The molecule has 68 heavy (non-hydrogen) atoms. The van der Waals surface area contributed by atoms with Crippen LogP contribution in [0, 0.1) is 12.3 Å². The average Bonchev–Trinajstić information content (AvgIpc) is 4.05. The number of benzene rings is 4. The molecular weight excluding hydrogens is 909 g/mol. The van der Waals surface area contributed by atoms with Crippen molar-refractivity contribution in [2.24, 2.45) is 5.41 Å². The van der Waals surface area contributed by atoms with Gasteiger partial charge in [0.1, 0.15) is 42.5 Å². The first kappa shape index (κ1) is 49.7. The van der Waals surface area contributed by atoms with Crippen molar-refractivity contribution in [3.8, 4) is 38.1 Å². The highest BCUT2D eigenvalue weighted by molar-refractivity contribution is 7.22. The highest BCUT2D eigenvalue weighted by atomic mass is 32.1. The molecule has 2 aromatic heterocycles. The largest absolute Gasteiger partial charge is 0.508 e. The van der Waals surface area contributed by atoms with Gasteiger partial charge in [-0.2, -0.15) is 0 Å². The third kappa shape index (κ3) is 12.7. The number of likely N-dealkylation sites (tertiary alicyclic amines) is 1. The van der Waals surface area contributed by atoms with Gasteiger partial charge in [0.05, 0.1) is 55.2 Å². The molecule has 15 nitrogen and oxygen atoms in total. The summed E-state index contributed by atoms with van der Waals surface area (Å²) in [5.41, 5.74) is 5.75. The number of ether oxygens (including phenoxy) is 4. The van der Waals surface area contributed by atoms with Gasteiger partial charge in [-0.25, -0.2) is 4.98 Å². The topological polar surface area (TPSA) is 206 Å². The SMILES string of the molecule is Cc1ncsc1-c1ccc(CNC(=O)[C@@H]2C[C@@H](O)CN2C(=O)[C@@H](NC(=O)COCCOCCOCCOc2ccc(C(=O)c3c(-c4ccc(O)cc4)sc4cc(O)ccc34)cc2)C(C)(C)C)cc1. The van der Waals surface area contributed by atoms with Crippen molar-refractivity contribution in [2.45, 2.75) is 58.8 Å². The van der Waals surface area contributed by atoms with Crippen molar-refractivity contribution in [2.75, 3.05) is 52.8 Å². The third-order valence-corrected chi connectivity index (χ3v) is 13.5. The maximum Gasteiger partial charge on any atom is 0.246 e. The fourth-order valence-electron chi connectivity index (χ4n) is 7.78. The Hall–Kier alpha value is -6.21. The summed E-state index contributed by atoms with van der Waals surface area (Å²) in [4.78, 5) is 61.7. The lowest BCUT2D eigenvalue weighted by molar-refractivity contribution is -0.144. The van der Waals surface area contributed by atoms with Gasteiger partial charge in [-0.3, -0.25) is 19.2 Å². The van der Waals surface area contributed by atoms with Crippen LogP contribution in [0.2, 0.25) is 0 Å². The van der Waals surface area contributed by atoms with Crippen LogP contribution < -0.4 is 15.4 Å². The molecule has 4 aromatic carbocycles. The zero-order valence-electron chi connectivity index (χ0n) is 38.4. The van der Waals surface area contributed by atoms with Crippen LogP contribution in [0.3, 0.4) is 0 Å². The second kappa shape index (κ2) is 22.7. The van der Waals surface area contributed by atoms with E-state index < -0.39 is 35.4 Å². The first-order valence-electron chi connectivity index (χ1n) is 22.3. The molecule has 0 spiro atoms. The summed E-state index contributed by atoms with van der Waals surface area (Å²) < 4.78 is 23.3. The minimum atomic E-state index is -0.982. The van der Waals surface area contributed by atoms with Crippen molar-refractivity contribution >= 4 is 56.3 Å². The Morgan fingerprint density at radius 1 is 0.809 bits per heavy atom. The third-order valence-electron chi connectivity index (χ3n) is 11.3. The normalized spacial score (nSPS) is 15.3. The standard InChI is InChI=1S/C51H56N4O11S2/c1-31-46(67-30-53-31)34-7-5-32(6-8-34)27-52-49(61)41-25-38(58)28-55(41)50(62)48(51(2,3)4)54-43(59)29-65-22-21-63-19-20-64-23-24-66-39-16-11-33(12-17-39)45(60)44-40-18-15-37(57)26-42(40)68-47(44)35-9-13-36(56)14-10-35/h5-18,26,30,38,41,48,56-58H,19-25,27-29H2,1-4H3,(H,52,61)(H,54,59)/t38-,41+,48-/m1/s1. The highest BCUT2D eigenvalue weighted by Crippen LogP contribution is 2.41. The van der Waals surface area contributed by atoms with E-state index in [9.17, 15) is 34.5 Å². The van der Waals surface area contributed by atoms with Gasteiger partial charge >= 0.3 is 0 Å². The van der Waals surface area contributed by atoms with E-state index in [-0.39, 0.29) is 75.7 Å². The number of carbonyl (C=O) groups is 4. The van der Waals surface area contributed by atoms with Gasteiger partial charge in [-0.05, 0) is 95.8 Å². The monoisotopic (exact) mass is 964 g/mol. The lowest BCUT2D eigenvalue weighted by Gasteiger charge is -2.35. The summed E-state index contributed by atoms with van der Waals surface area (Å²) in [6.07, 6.45) is -0.797. The number of hydrogen-bond acceptors (Lipinski definition) is 14. The van der Waals surface area contributed by atoms with Crippen LogP contribution in [0.4, 0.5) is 0 Å². The number of β-amino-alcohol motifs (C(OH)–C–C–N with tert-alkyl or cyclic N) is 1. The van der Waals surface area contributed by atoms with Gasteiger partial charge in [0.15, 0.2) is 5.78 Å². The lowest BCUT2D eigenvalue weighted by atomic mass is 9.85. The number of aliphatic hydroxyl groups excluding tert-OH is 1. The molecule has 0 bridgehead atoms. The molecule has 1 saturated heterocycles. The molecule has 0 saturated carbocycles. The summed E-state index contributed by atoms with van der Waals surface area (Å²) in [5, 5.41) is 36.8. The molecular formula is C51H56N4O11S2. The van der Waals surface area contributed by atoms with Crippen LogP contribution in [0.5, 0.6) is 17.2 Å². The molecule has 17 heteroatoms. The molecule has 3 amide bonds. The number of aliphatic hydroxyl groups is 1. The van der Waals surface area contributed by atoms with Crippen molar-refractivity contribution in [1.29, 1.82) is 0 Å². The van der Waals surface area contributed by atoms with E-state index in [2.05, 4.69) is 15.6 Å². The van der Waals surface area contributed by atoms with Crippen LogP contribution in [-0.4, -0.2) is 120 Å². The number of thiazole rings is 1. The summed E-state index contributed by atoms with van der Waals surface area (Å²) in [5.74, 6) is -0.719. The molecule has 358 valence electrons. The predicted molar refractivity (Wildman–Crippen MR) is 260 cm³/mol. The molecule has 0 radical (unpaired) electrons. The number of aromatic nitrogens is 1. The Kier molecular flexibility index (Phi) is 16.6. The summed E-state index contributed by atoms with van der Waals surface area (Å²) in [6.45, 7) is 8.80. The number of aromatic hydroxyl groups is 2. The van der Waals surface area contributed by atoms with Gasteiger partial charge in [0.2, 0.25) is 17.7 Å². The summed E-state index contributed by atoms with van der Waals surface area (Å²) in [6, 6.07) is 24.4. The van der Waals surface area contributed by atoms with Crippen molar-refractivity contribution in [3.05, 3.63) is 119 Å². The number of carbonyl (C=O) groups excluding carboxylic acids is 4. The number of thiophene rings is 1. The smallest absolute Gasteiger partial charge is 0.246 e. The molecule has 1 aliphatic rings. The first-order valence-corrected chi connectivity index (χ1v) is 24.0. The Balaban J connectivity index is 0.781. The fraction of sp³-hybridized carbons (Fsp3) is 0.353. The quantitative estimate of drug-likeness (QED) is 0.0370. The van der Waals surface area contributed by atoms with E-state index in [1.165, 1.54) is 16.2 Å². The molecule has 5 N–H and O–H groups in total. The van der Waals surface area contributed by atoms with E-state index in [1.54, 1.807) is 83.6 Å². The Bertz CT molecular complexity index is 2680. The van der Waals surface area contributed by atoms with E-state index in [0.29, 0.717) is 30.1 Å². The van der Waals surface area contributed by atoms with Gasteiger partial charge in [0, 0.05) is 45.6 Å². The lowest BCUT2D eigenvalue weighted by Crippen LogP contribution is -2.58. The molecule has 1 fully saturated rings. The van der Waals surface area contributed by atoms with Crippen LogP contribution >= 0.6 is 22.7 Å². The second-order valence-electron chi connectivity index (χ2n) is 17.5. The van der Waals surface area contributed by atoms with Crippen molar-refractivity contribution < 1.29 is 53.4 Å². The minimum absolute atomic E-state index is 0.0287. The van der Waals surface area contributed by atoms with E-state index >= 15 is 0 Å². The molecule has 6 aromatic rings. The first-order chi connectivity index (χ1) is 32.7. The number of ketones is 1. The molecule has 1 aliphatic heterocycles. The zero-order chi connectivity index (χ0) is 48.4. The molecule has 0 aliphatic carbocycles. The maximum atomic E-state index is 13.9. The molecule has 0 unspecified atom stereocenters. The predicted octanol–water partition coefficient (Wildman–Crippen LogP) is 6.88. The number of phenols is 2. The number of amides is 3. The van der Waals surface area contributed by atoms with E-state index in [4.69, 9.17) is 18.9 Å². The van der Waals surface area contributed by atoms with Crippen LogP contribution in [0.15, 0.2) is 96.5 Å². The molecule has 3 heterocycles. The Morgan fingerprint density at radius 2 is 1.44 bits per heavy atom. The van der Waals surface area contributed by atoms with Crippen LogP contribution in [0.25, 0.3) is 31.0 Å². The van der Waals surface area contributed by atoms with Gasteiger partial charge in [-0.1, -0.05) is 45.0 Å². The summed E-state index contributed by atoms with van der Waals surface area (Å²) >= 11 is 2.96. The van der Waals surface area contributed by atoms with E-state index in [1.807, 2.05) is 52.0 Å². The summed E-state index contributed by atoms with van der Waals surface area (Å²) in [7, 11) is 0. The number of aryl methyl sites for hydroxylation is 1. The Morgan fingerprint density at radius 3 is 2.10 bits per heavy atom. The van der Waals surface area contributed by atoms with E-state index in [0.717, 1.165) is 42.2 Å². The number of hydrogen-bond donors (Lipinski definition) is 5. The van der Waals surface area contributed by atoms with Crippen LogP contribution in [0.1, 0.15) is 54.4 Å². The number of fused-ring (bicyclic) bond motifs is 1. The van der Waals surface area contributed by atoms with Crippen molar-refractivity contribution in [3.63, 3.8) is 0 Å². The maximum absolute atomic E-state index is 13.9. The second-order valence-corrected chi connectivity index (χ2v) is 19.4. The Labute approximate surface area is 402 Å². The van der Waals surface area contributed by atoms with Crippen molar-refractivity contribution in [1.82, 2.24) is 20.5 Å². The fourth-order valence-corrected chi connectivity index (χ4v) is 9.83. The molecule has 3 atom stereocenters. The number of rotatable bonds is 21. The van der Waals surface area contributed by atoms with Gasteiger partial charge in [0.25, 0.3) is 0 Å². The van der Waals surface area contributed by atoms with Gasteiger partial charge in [-0.15, -0.1) is 22.7 Å². The molecule has 7 rings (SSSR count). The number of nitrogens with one attached hydrogen (secondary N) is 2. The minimum Gasteiger partial charge on any atom is -0.508 e. The van der Waals surface area contributed by atoms with Crippen LogP contribution in [-0.2, 0) is 35.1 Å². The average molecular weight is 965 g/mol.